The van der Waals surface area contributed by atoms with Crippen LogP contribution >= 0.6 is 0 Å². The van der Waals surface area contributed by atoms with Crippen LogP contribution in [0.1, 0.15) is 27.8 Å². The highest BCUT2D eigenvalue weighted by Crippen LogP contribution is 2.63. The van der Waals surface area contributed by atoms with Crippen LogP contribution in [0.25, 0.3) is 22.3 Å². The summed E-state index contributed by atoms with van der Waals surface area (Å²) in [7, 11) is 0. The molecule has 0 heterocycles. The van der Waals surface area contributed by atoms with Crippen molar-refractivity contribution in [2.24, 2.45) is 0 Å². The second kappa shape index (κ2) is 8.31. The van der Waals surface area contributed by atoms with Crippen molar-refractivity contribution in [3.8, 4) is 22.3 Å². The number of hydrogen-bond donors (Lipinski definition) is 0. The van der Waals surface area contributed by atoms with E-state index in [0.29, 0.717) is 0 Å². The maximum atomic E-state index is 2.45. The van der Waals surface area contributed by atoms with E-state index in [2.05, 4.69) is 157 Å². The van der Waals surface area contributed by atoms with E-state index in [1.807, 2.05) is 0 Å². The molecule has 0 fully saturated rings. The zero-order chi connectivity index (χ0) is 26.0. The van der Waals surface area contributed by atoms with Crippen LogP contribution in [0.2, 0.25) is 0 Å². The average molecular weight is 498 g/mol. The molecule has 6 aromatic carbocycles. The third-order valence-corrected chi connectivity index (χ3v) is 8.55. The second-order valence-corrected chi connectivity index (χ2v) is 10.6. The molecule has 0 aliphatic heterocycles. The van der Waals surface area contributed by atoms with Crippen LogP contribution in [-0.2, 0) is 5.41 Å². The Balaban J connectivity index is 1.44. The molecule has 0 saturated heterocycles. The molecule has 0 saturated carbocycles. The van der Waals surface area contributed by atoms with Gasteiger partial charge in [-0.15, -0.1) is 0 Å². The lowest BCUT2D eigenvalue weighted by atomic mass is 9.70. The van der Waals surface area contributed by atoms with Crippen molar-refractivity contribution in [2.45, 2.75) is 12.3 Å². The molecule has 0 radical (unpaired) electrons. The van der Waals surface area contributed by atoms with Gasteiger partial charge in [-0.3, -0.25) is 0 Å². The SMILES string of the molecule is Cc1ccc(N(c2ccccc2)c2ccc3c(c2)C2(c4ccccc4-c4ccccc42)c2ccccc2-3)cc1. The molecule has 0 amide bonds. The molecule has 184 valence electrons. The summed E-state index contributed by atoms with van der Waals surface area (Å²) in [5.74, 6) is 0. The van der Waals surface area contributed by atoms with E-state index in [4.69, 9.17) is 0 Å². The predicted molar refractivity (Wildman–Crippen MR) is 162 cm³/mol. The molecule has 1 heteroatoms. The van der Waals surface area contributed by atoms with Gasteiger partial charge in [-0.1, -0.05) is 115 Å². The summed E-state index contributed by atoms with van der Waals surface area (Å²) in [6, 6.07) is 53.6. The minimum Gasteiger partial charge on any atom is -0.310 e. The summed E-state index contributed by atoms with van der Waals surface area (Å²) in [5.41, 5.74) is 15.2. The van der Waals surface area contributed by atoms with Gasteiger partial charge < -0.3 is 4.90 Å². The van der Waals surface area contributed by atoms with E-state index < -0.39 is 0 Å². The summed E-state index contributed by atoms with van der Waals surface area (Å²) in [6.45, 7) is 2.14. The van der Waals surface area contributed by atoms with Crippen LogP contribution < -0.4 is 4.90 Å². The first-order valence-electron chi connectivity index (χ1n) is 13.6. The highest BCUT2D eigenvalue weighted by atomic mass is 15.1. The molecule has 0 aromatic heterocycles. The topological polar surface area (TPSA) is 3.24 Å². The van der Waals surface area contributed by atoms with Crippen LogP contribution in [0.3, 0.4) is 0 Å². The third kappa shape index (κ3) is 3.02. The van der Waals surface area contributed by atoms with Gasteiger partial charge in [0.2, 0.25) is 0 Å². The van der Waals surface area contributed by atoms with Gasteiger partial charge in [0.15, 0.2) is 0 Å². The second-order valence-electron chi connectivity index (χ2n) is 10.6. The normalized spacial score (nSPS) is 13.5. The summed E-state index contributed by atoms with van der Waals surface area (Å²) in [5, 5.41) is 0. The molecule has 2 aliphatic rings. The van der Waals surface area contributed by atoms with Crippen molar-refractivity contribution in [3.63, 3.8) is 0 Å². The van der Waals surface area contributed by atoms with Crippen LogP contribution in [0.4, 0.5) is 17.1 Å². The van der Waals surface area contributed by atoms with Crippen molar-refractivity contribution >= 4 is 17.1 Å². The fourth-order valence-electron chi connectivity index (χ4n) is 6.94. The molecule has 0 atom stereocenters. The molecule has 6 aromatic rings. The van der Waals surface area contributed by atoms with Gasteiger partial charge in [0.1, 0.15) is 0 Å². The molecular formula is C38H27N. The minimum atomic E-state index is -0.343. The smallest absolute Gasteiger partial charge is 0.0726 e. The van der Waals surface area contributed by atoms with Gasteiger partial charge in [-0.05, 0) is 87.8 Å². The minimum absolute atomic E-state index is 0.343. The highest BCUT2D eigenvalue weighted by molar-refractivity contribution is 5.96. The lowest BCUT2D eigenvalue weighted by Crippen LogP contribution is -2.26. The molecule has 1 nitrogen and oxygen atoms in total. The van der Waals surface area contributed by atoms with Gasteiger partial charge in [-0.25, -0.2) is 0 Å². The van der Waals surface area contributed by atoms with Crippen molar-refractivity contribution in [1.82, 2.24) is 0 Å². The van der Waals surface area contributed by atoms with Crippen molar-refractivity contribution < 1.29 is 0 Å². The molecule has 2 aliphatic carbocycles. The first kappa shape index (κ1) is 22.1. The first-order chi connectivity index (χ1) is 19.3. The van der Waals surface area contributed by atoms with E-state index in [1.165, 1.54) is 50.1 Å². The highest BCUT2D eigenvalue weighted by Gasteiger charge is 2.51. The lowest BCUT2D eigenvalue weighted by Gasteiger charge is -2.32. The zero-order valence-electron chi connectivity index (χ0n) is 21.8. The number of hydrogen-bond acceptors (Lipinski definition) is 1. The number of aryl methyl sites for hydroxylation is 1. The predicted octanol–water partition coefficient (Wildman–Crippen LogP) is 9.81. The lowest BCUT2D eigenvalue weighted by molar-refractivity contribution is 0.793. The number of fused-ring (bicyclic) bond motifs is 10. The number of anilines is 3. The Bertz CT molecular complexity index is 1800. The van der Waals surface area contributed by atoms with Crippen LogP contribution in [0.15, 0.2) is 146 Å². The number of nitrogens with zero attached hydrogens (tertiary/aromatic N) is 1. The Morgan fingerprint density at radius 2 is 0.821 bits per heavy atom. The molecule has 39 heavy (non-hydrogen) atoms. The van der Waals surface area contributed by atoms with Crippen molar-refractivity contribution in [2.75, 3.05) is 4.90 Å². The standard InChI is InChI=1S/C38H27N/c1-26-19-21-28(22-20-26)39(27-11-3-2-4-12-27)29-23-24-33-32-15-7-10-18-36(32)38(37(33)25-29)34-16-8-5-13-30(34)31-14-6-9-17-35(31)38/h2-25H,1H3. The van der Waals surface area contributed by atoms with Gasteiger partial charge >= 0.3 is 0 Å². The Morgan fingerprint density at radius 3 is 1.38 bits per heavy atom. The Labute approximate surface area is 229 Å². The number of rotatable bonds is 3. The maximum absolute atomic E-state index is 2.45. The summed E-state index contributed by atoms with van der Waals surface area (Å²) >= 11 is 0. The molecule has 0 unspecified atom stereocenters. The van der Waals surface area contributed by atoms with Gasteiger partial charge in [0, 0.05) is 17.1 Å². The van der Waals surface area contributed by atoms with Gasteiger partial charge in [-0.2, -0.15) is 0 Å². The van der Waals surface area contributed by atoms with E-state index in [9.17, 15) is 0 Å². The summed E-state index contributed by atoms with van der Waals surface area (Å²) in [6.07, 6.45) is 0. The molecule has 1 spiro atoms. The van der Waals surface area contributed by atoms with Crippen LogP contribution in [0, 0.1) is 6.92 Å². The average Bonchev–Trinajstić information content (AvgIpc) is 3.46. The molecular weight excluding hydrogens is 470 g/mol. The summed E-state index contributed by atoms with van der Waals surface area (Å²) in [4.78, 5) is 2.38. The number of benzene rings is 6. The Morgan fingerprint density at radius 1 is 0.385 bits per heavy atom. The Kier molecular flexibility index (Phi) is 4.72. The van der Waals surface area contributed by atoms with Crippen molar-refractivity contribution in [3.05, 3.63) is 173 Å². The molecule has 0 N–H and O–H groups in total. The largest absolute Gasteiger partial charge is 0.310 e. The van der Waals surface area contributed by atoms with E-state index >= 15 is 0 Å². The van der Waals surface area contributed by atoms with Crippen molar-refractivity contribution in [1.29, 1.82) is 0 Å². The van der Waals surface area contributed by atoms with Gasteiger partial charge in [0.05, 0.1) is 5.41 Å². The van der Waals surface area contributed by atoms with Gasteiger partial charge in [0.25, 0.3) is 0 Å². The summed E-state index contributed by atoms with van der Waals surface area (Å²) < 4.78 is 0. The van der Waals surface area contributed by atoms with Crippen LogP contribution in [-0.4, -0.2) is 0 Å². The number of para-hydroxylation sites is 1. The van der Waals surface area contributed by atoms with Crippen LogP contribution in [0.5, 0.6) is 0 Å². The third-order valence-electron chi connectivity index (χ3n) is 8.55. The monoisotopic (exact) mass is 497 g/mol. The molecule has 0 bridgehead atoms. The van der Waals surface area contributed by atoms with E-state index in [-0.39, 0.29) is 5.41 Å². The first-order valence-corrected chi connectivity index (χ1v) is 13.6. The fraction of sp³-hybridized carbons (Fsp3) is 0.0526. The van der Waals surface area contributed by atoms with E-state index in [1.54, 1.807) is 0 Å². The Hall–Kier alpha value is -4.88. The maximum Gasteiger partial charge on any atom is 0.0726 e. The fourth-order valence-corrected chi connectivity index (χ4v) is 6.94. The van der Waals surface area contributed by atoms with E-state index in [0.717, 1.165) is 17.1 Å². The quantitative estimate of drug-likeness (QED) is 0.235. The molecule has 8 rings (SSSR count). The zero-order valence-corrected chi connectivity index (χ0v) is 21.8.